The highest BCUT2D eigenvalue weighted by Gasteiger charge is 2.32. The highest BCUT2D eigenvalue weighted by Crippen LogP contribution is 2.38. The number of Topliss-reactive ketones (excluding diaryl/α,β-unsaturated/α-hetero) is 1. The van der Waals surface area contributed by atoms with Crippen LogP contribution in [0.25, 0.3) is 5.57 Å². The van der Waals surface area contributed by atoms with Gasteiger partial charge in [-0.3, -0.25) is 4.79 Å². The van der Waals surface area contributed by atoms with E-state index in [-0.39, 0.29) is 17.5 Å². The summed E-state index contributed by atoms with van der Waals surface area (Å²) >= 11 is 0. The minimum absolute atomic E-state index is 0.0379. The predicted molar refractivity (Wildman–Crippen MR) is 107 cm³/mol. The molecule has 0 spiro atoms. The molecule has 2 atom stereocenters. The van der Waals surface area contributed by atoms with E-state index in [9.17, 15) is 15.0 Å². The van der Waals surface area contributed by atoms with Gasteiger partial charge in [0, 0.05) is 12.0 Å². The van der Waals surface area contributed by atoms with Gasteiger partial charge in [-0.1, -0.05) is 75.9 Å². The molecular weight excluding hydrogens is 324 g/mol. The number of aliphatic hydroxyl groups excluding tert-OH is 2. The van der Waals surface area contributed by atoms with Gasteiger partial charge in [0.25, 0.3) is 0 Å². The van der Waals surface area contributed by atoms with Crippen LogP contribution >= 0.6 is 0 Å². The van der Waals surface area contributed by atoms with Crippen molar-refractivity contribution in [3.05, 3.63) is 53.3 Å². The number of carbonyl (C=O) groups is 1. The van der Waals surface area contributed by atoms with Gasteiger partial charge in [-0.25, -0.2) is 0 Å². The Labute approximate surface area is 157 Å². The van der Waals surface area contributed by atoms with E-state index in [1.54, 1.807) is 0 Å². The van der Waals surface area contributed by atoms with Crippen molar-refractivity contribution in [3.8, 4) is 0 Å². The third kappa shape index (κ3) is 5.31. The van der Waals surface area contributed by atoms with Crippen LogP contribution < -0.4 is 0 Å². The van der Waals surface area contributed by atoms with Crippen LogP contribution in [0.3, 0.4) is 0 Å². The van der Waals surface area contributed by atoms with Crippen molar-refractivity contribution in [2.75, 3.05) is 0 Å². The van der Waals surface area contributed by atoms with Gasteiger partial charge in [0.2, 0.25) is 0 Å². The standard InChI is InChI=1S/C23H32O3/c1-3-5-7-9-10-19-16-21(25)23(26)22(19)18-14-12-17(13-15-18)20(24)11-8-6-4-2/h7,9,12-15,19-20,24,26H,3-6,8,10-11,16H2,1-2H3/b9-7-/t19-,20?/m0/s1. The minimum Gasteiger partial charge on any atom is -0.504 e. The molecule has 142 valence electrons. The van der Waals surface area contributed by atoms with E-state index in [0.717, 1.165) is 61.6 Å². The number of allylic oxidation sites excluding steroid dienone is 4. The van der Waals surface area contributed by atoms with E-state index in [1.807, 2.05) is 24.3 Å². The molecule has 0 fully saturated rings. The molecule has 0 bridgehead atoms. The smallest absolute Gasteiger partial charge is 0.198 e. The zero-order valence-corrected chi connectivity index (χ0v) is 16.1. The lowest BCUT2D eigenvalue weighted by molar-refractivity contribution is -0.117. The molecule has 26 heavy (non-hydrogen) atoms. The first kappa shape index (κ1) is 20.4. The van der Waals surface area contributed by atoms with Crippen LogP contribution in [0.15, 0.2) is 42.2 Å². The van der Waals surface area contributed by atoms with Gasteiger partial charge in [-0.05, 0) is 36.3 Å². The average molecular weight is 357 g/mol. The van der Waals surface area contributed by atoms with Gasteiger partial charge in [0.05, 0.1) is 6.10 Å². The minimum atomic E-state index is -0.448. The molecule has 0 saturated carbocycles. The Bertz CT molecular complexity index is 640. The SMILES string of the molecule is CCC/C=C\C[C@H]1CC(=O)C(O)=C1c1ccc(C(O)CCCCC)cc1. The number of carbonyl (C=O) groups excluding carboxylic acids is 1. The van der Waals surface area contributed by atoms with Crippen LogP contribution in [-0.4, -0.2) is 16.0 Å². The first-order valence-corrected chi connectivity index (χ1v) is 9.98. The summed E-state index contributed by atoms with van der Waals surface area (Å²) in [6.07, 6.45) is 11.2. The average Bonchev–Trinajstić information content (AvgIpc) is 2.93. The normalized spacial score (nSPS) is 18.9. The maximum absolute atomic E-state index is 12.0. The molecule has 0 heterocycles. The molecule has 1 unspecified atom stereocenters. The molecule has 1 aliphatic rings. The molecule has 2 rings (SSSR count). The quantitative estimate of drug-likeness (QED) is 0.405. The Morgan fingerprint density at radius 3 is 2.50 bits per heavy atom. The molecule has 3 heteroatoms. The molecule has 0 aliphatic heterocycles. The van der Waals surface area contributed by atoms with Crippen LogP contribution in [0, 0.1) is 5.92 Å². The number of hydrogen-bond acceptors (Lipinski definition) is 3. The van der Waals surface area contributed by atoms with Crippen molar-refractivity contribution >= 4 is 11.4 Å². The predicted octanol–water partition coefficient (Wildman–Crippen LogP) is 5.90. The monoisotopic (exact) mass is 356 g/mol. The second-order valence-electron chi connectivity index (χ2n) is 7.22. The molecule has 3 nitrogen and oxygen atoms in total. The fraction of sp³-hybridized carbons (Fsp3) is 0.522. The molecular formula is C23H32O3. The van der Waals surface area contributed by atoms with Crippen molar-refractivity contribution in [1.29, 1.82) is 0 Å². The second-order valence-corrected chi connectivity index (χ2v) is 7.22. The summed E-state index contributed by atoms with van der Waals surface area (Å²) in [4.78, 5) is 12.0. The summed E-state index contributed by atoms with van der Waals surface area (Å²) in [5.41, 5.74) is 2.53. The number of aliphatic hydroxyl groups is 2. The van der Waals surface area contributed by atoms with Crippen molar-refractivity contribution in [1.82, 2.24) is 0 Å². The molecule has 0 radical (unpaired) electrons. The summed E-state index contributed by atoms with van der Waals surface area (Å²) in [7, 11) is 0. The van der Waals surface area contributed by atoms with Crippen molar-refractivity contribution in [2.45, 2.75) is 71.3 Å². The Kier molecular flexibility index (Phi) is 8.11. The number of rotatable bonds is 10. The van der Waals surface area contributed by atoms with Gasteiger partial charge in [0.1, 0.15) is 0 Å². The van der Waals surface area contributed by atoms with Crippen LogP contribution in [0.2, 0.25) is 0 Å². The topological polar surface area (TPSA) is 57.5 Å². The Morgan fingerprint density at radius 2 is 1.85 bits per heavy atom. The van der Waals surface area contributed by atoms with E-state index in [0.29, 0.717) is 6.42 Å². The maximum Gasteiger partial charge on any atom is 0.198 e. The van der Waals surface area contributed by atoms with E-state index in [4.69, 9.17) is 0 Å². The second kappa shape index (κ2) is 10.3. The van der Waals surface area contributed by atoms with E-state index < -0.39 is 6.10 Å². The highest BCUT2D eigenvalue weighted by atomic mass is 16.3. The van der Waals surface area contributed by atoms with Gasteiger partial charge in [-0.2, -0.15) is 0 Å². The summed E-state index contributed by atoms with van der Waals surface area (Å²) in [6, 6.07) is 7.68. The first-order valence-electron chi connectivity index (χ1n) is 9.98. The highest BCUT2D eigenvalue weighted by molar-refractivity contribution is 6.05. The largest absolute Gasteiger partial charge is 0.504 e. The zero-order valence-electron chi connectivity index (χ0n) is 16.1. The molecule has 0 aromatic heterocycles. The lowest BCUT2D eigenvalue weighted by Gasteiger charge is -2.15. The number of hydrogen-bond donors (Lipinski definition) is 2. The fourth-order valence-electron chi connectivity index (χ4n) is 3.52. The number of benzene rings is 1. The Hall–Kier alpha value is -1.87. The van der Waals surface area contributed by atoms with Gasteiger partial charge >= 0.3 is 0 Å². The fourth-order valence-corrected chi connectivity index (χ4v) is 3.52. The van der Waals surface area contributed by atoms with Gasteiger partial charge in [0.15, 0.2) is 11.5 Å². The van der Waals surface area contributed by atoms with Gasteiger partial charge in [-0.15, -0.1) is 0 Å². The van der Waals surface area contributed by atoms with Crippen molar-refractivity contribution in [2.24, 2.45) is 5.92 Å². The third-order valence-electron chi connectivity index (χ3n) is 5.09. The summed E-state index contributed by atoms with van der Waals surface area (Å²) < 4.78 is 0. The van der Waals surface area contributed by atoms with Crippen molar-refractivity contribution in [3.63, 3.8) is 0 Å². The molecule has 2 N–H and O–H groups in total. The summed E-state index contributed by atoms with van der Waals surface area (Å²) in [5, 5.41) is 20.6. The molecule has 1 aliphatic carbocycles. The molecule has 0 saturated heterocycles. The zero-order chi connectivity index (χ0) is 18.9. The molecule has 1 aromatic carbocycles. The van der Waals surface area contributed by atoms with E-state index in [1.165, 1.54) is 0 Å². The Morgan fingerprint density at radius 1 is 1.12 bits per heavy atom. The number of unbranched alkanes of at least 4 members (excludes halogenated alkanes) is 3. The first-order chi connectivity index (χ1) is 12.6. The third-order valence-corrected chi connectivity index (χ3v) is 5.09. The maximum atomic E-state index is 12.0. The van der Waals surface area contributed by atoms with Gasteiger partial charge < -0.3 is 10.2 Å². The number of ketones is 1. The van der Waals surface area contributed by atoms with Crippen molar-refractivity contribution < 1.29 is 15.0 Å². The Balaban J connectivity index is 2.10. The van der Waals surface area contributed by atoms with E-state index >= 15 is 0 Å². The van der Waals surface area contributed by atoms with Crippen LogP contribution in [0.4, 0.5) is 0 Å². The summed E-state index contributed by atoms with van der Waals surface area (Å²) in [5.74, 6) is -0.219. The molecule has 0 amide bonds. The molecule has 1 aromatic rings. The van der Waals surface area contributed by atoms with E-state index in [2.05, 4.69) is 26.0 Å². The van der Waals surface area contributed by atoms with Crippen LogP contribution in [-0.2, 0) is 4.79 Å². The lowest BCUT2D eigenvalue weighted by Crippen LogP contribution is -2.01. The van der Waals surface area contributed by atoms with Crippen LogP contribution in [0.1, 0.15) is 82.4 Å². The van der Waals surface area contributed by atoms with Crippen LogP contribution in [0.5, 0.6) is 0 Å². The lowest BCUT2D eigenvalue weighted by atomic mass is 9.90. The summed E-state index contributed by atoms with van der Waals surface area (Å²) in [6.45, 7) is 4.29.